The summed E-state index contributed by atoms with van der Waals surface area (Å²) in [6.07, 6.45) is 1.29. The van der Waals surface area contributed by atoms with Gasteiger partial charge in [0.05, 0.1) is 15.8 Å². The molecule has 2 N–H and O–H groups in total. The molecular weight excluding hydrogens is 344 g/mol. The van der Waals surface area contributed by atoms with E-state index in [1.165, 1.54) is 22.5 Å². The van der Waals surface area contributed by atoms with Gasteiger partial charge in [0, 0.05) is 16.8 Å². The lowest BCUT2D eigenvalue weighted by Crippen LogP contribution is -2.21. The van der Waals surface area contributed by atoms with Crippen molar-refractivity contribution in [1.82, 2.24) is 4.98 Å². The van der Waals surface area contributed by atoms with Crippen molar-refractivity contribution in [2.75, 3.05) is 5.01 Å². The van der Waals surface area contributed by atoms with Gasteiger partial charge in [0.15, 0.2) is 0 Å². The van der Waals surface area contributed by atoms with Crippen molar-refractivity contribution in [3.63, 3.8) is 0 Å². The predicted molar refractivity (Wildman–Crippen MR) is 97.4 cm³/mol. The first-order chi connectivity index (χ1) is 11.7. The number of carbonyl (C=O) groups excluding carboxylic acids is 1. The number of rotatable bonds is 2. The summed E-state index contributed by atoms with van der Waals surface area (Å²) in [6.45, 7) is 0. The Bertz CT molecular complexity index is 1010. The van der Waals surface area contributed by atoms with E-state index in [4.69, 9.17) is 17.3 Å². The second-order valence-electron chi connectivity index (χ2n) is 5.12. The third-order valence-electron chi connectivity index (χ3n) is 3.61. The van der Waals surface area contributed by atoms with Crippen LogP contribution in [0.2, 0.25) is 5.02 Å². The molecule has 0 spiro atoms. The van der Waals surface area contributed by atoms with E-state index < -0.39 is 0 Å². The van der Waals surface area contributed by atoms with E-state index in [1.54, 1.807) is 12.1 Å². The van der Waals surface area contributed by atoms with Gasteiger partial charge in [-0.15, -0.1) is 0 Å². The molecule has 4 rings (SSSR count). The molecule has 24 heavy (non-hydrogen) atoms. The van der Waals surface area contributed by atoms with E-state index in [2.05, 4.69) is 10.1 Å². The molecule has 5 nitrogen and oxygen atoms in total. The fourth-order valence-electron chi connectivity index (χ4n) is 2.48. The van der Waals surface area contributed by atoms with E-state index in [9.17, 15) is 4.79 Å². The van der Waals surface area contributed by atoms with Crippen LogP contribution in [-0.4, -0.2) is 16.6 Å². The topological polar surface area (TPSA) is 71.6 Å². The molecule has 0 saturated carbocycles. The van der Waals surface area contributed by atoms with E-state index in [-0.39, 0.29) is 5.91 Å². The van der Waals surface area contributed by atoms with Crippen LogP contribution in [0.1, 0.15) is 5.56 Å². The molecule has 1 aromatic heterocycles. The Morgan fingerprint density at radius 1 is 1.17 bits per heavy atom. The highest BCUT2D eigenvalue weighted by Gasteiger charge is 2.33. The van der Waals surface area contributed by atoms with Gasteiger partial charge in [0.25, 0.3) is 5.91 Å². The summed E-state index contributed by atoms with van der Waals surface area (Å²) in [5, 5.41) is 6.83. The van der Waals surface area contributed by atoms with Crippen LogP contribution in [-0.2, 0) is 4.79 Å². The minimum atomic E-state index is -0.290. The second kappa shape index (κ2) is 5.74. The Labute approximate surface area is 146 Å². The Hall–Kier alpha value is -2.70. The molecule has 0 radical (unpaired) electrons. The number of hydrazone groups is 1. The van der Waals surface area contributed by atoms with Crippen LogP contribution in [0.15, 0.2) is 65.4 Å². The minimum absolute atomic E-state index is 0.290. The molecule has 0 fully saturated rings. The van der Waals surface area contributed by atoms with Gasteiger partial charge in [-0.2, -0.15) is 10.1 Å². The summed E-state index contributed by atoms with van der Waals surface area (Å²) in [6, 6.07) is 14.9. The third kappa shape index (κ3) is 2.36. The standard InChI is InChI=1S/C17H11ClN4OS/c18-11-6-7-14-13(8-11)20-17(24-14)22-16(23)12(9-19)15(21-22)10-4-2-1-3-5-10/h1-9H,19H2/b12-9+. The summed E-state index contributed by atoms with van der Waals surface area (Å²) in [4.78, 5) is 17.1. The number of nitrogens with two attached hydrogens (primary N) is 1. The summed E-state index contributed by atoms with van der Waals surface area (Å²) in [5.74, 6) is -0.290. The first-order valence-corrected chi connectivity index (χ1v) is 8.33. The molecule has 0 aliphatic carbocycles. The highest BCUT2D eigenvalue weighted by Crippen LogP contribution is 2.34. The smallest absolute Gasteiger partial charge is 0.284 e. The van der Waals surface area contributed by atoms with Gasteiger partial charge in [0.2, 0.25) is 5.13 Å². The van der Waals surface area contributed by atoms with E-state index in [1.807, 2.05) is 36.4 Å². The molecule has 3 aromatic rings. The number of hydrogen-bond donors (Lipinski definition) is 1. The molecule has 1 aliphatic rings. The quantitative estimate of drug-likeness (QED) is 0.715. The minimum Gasteiger partial charge on any atom is -0.404 e. The Morgan fingerprint density at radius 3 is 2.71 bits per heavy atom. The fourth-order valence-corrected chi connectivity index (χ4v) is 3.55. The molecule has 0 unspecified atom stereocenters. The van der Waals surface area contributed by atoms with Crippen LogP contribution in [0, 0.1) is 0 Å². The molecule has 0 saturated heterocycles. The molecule has 118 valence electrons. The number of amides is 1. The lowest BCUT2D eigenvalue weighted by atomic mass is 10.0. The van der Waals surface area contributed by atoms with Gasteiger partial charge in [-0.1, -0.05) is 53.3 Å². The molecule has 1 aliphatic heterocycles. The van der Waals surface area contributed by atoms with Crippen molar-refractivity contribution in [3.05, 3.63) is 70.9 Å². The second-order valence-corrected chi connectivity index (χ2v) is 6.57. The molecule has 2 heterocycles. The van der Waals surface area contributed by atoms with Crippen molar-refractivity contribution >= 4 is 49.9 Å². The van der Waals surface area contributed by atoms with Gasteiger partial charge < -0.3 is 5.73 Å². The molecule has 0 bridgehead atoms. The zero-order chi connectivity index (χ0) is 16.7. The van der Waals surface area contributed by atoms with Crippen LogP contribution in [0.4, 0.5) is 5.13 Å². The van der Waals surface area contributed by atoms with Gasteiger partial charge in [-0.25, -0.2) is 4.98 Å². The number of nitrogens with zero attached hydrogens (tertiary/aromatic N) is 3. The van der Waals surface area contributed by atoms with Crippen LogP contribution >= 0.6 is 22.9 Å². The zero-order valence-corrected chi connectivity index (χ0v) is 13.9. The lowest BCUT2D eigenvalue weighted by molar-refractivity contribution is -0.114. The lowest BCUT2D eigenvalue weighted by Gasteiger charge is -2.05. The average Bonchev–Trinajstić information content (AvgIpc) is 3.15. The van der Waals surface area contributed by atoms with E-state index >= 15 is 0 Å². The molecular formula is C17H11ClN4OS. The number of fused-ring (bicyclic) bond motifs is 1. The third-order valence-corrected chi connectivity index (χ3v) is 4.86. The number of hydrogen-bond acceptors (Lipinski definition) is 5. The Morgan fingerprint density at radius 2 is 1.96 bits per heavy atom. The van der Waals surface area contributed by atoms with Crippen molar-refractivity contribution in [2.45, 2.75) is 0 Å². The molecule has 7 heteroatoms. The number of halogens is 1. The van der Waals surface area contributed by atoms with Crippen molar-refractivity contribution in [1.29, 1.82) is 0 Å². The molecule has 2 aromatic carbocycles. The average molecular weight is 355 g/mol. The van der Waals surface area contributed by atoms with Crippen LogP contribution in [0.3, 0.4) is 0 Å². The normalized spacial score (nSPS) is 16.2. The fraction of sp³-hybridized carbons (Fsp3) is 0. The van der Waals surface area contributed by atoms with Gasteiger partial charge >= 0.3 is 0 Å². The molecule has 0 atom stereocenters. The highest BCUT2D eigenvalue weighted by molar-refractivity contribution is 7.22. The summed E-state index contributed by atoms with van der Waals surface area (Å²) in [5.41, 5.74) is 8.13. The number of aromatic nitrogens is 1. The number of thiazole rings is 1. The first-order valence-electron chi connectivity index (χ1n) is 7.14. The first kappa shape index (κ1) is 14.9. The Balaban J connectivity index is 1.82. The zero-order valence-electron chi connectivity index (χ0n) is 12.3. The predicted octanol–water partition coefficient (Wildman–Crippen LogP) is 3.54. The van der Waals surface area contributed by atoms with E-state index in [0.717, 1.165) is 15.8 Å². The maximum Gasteiger partial charge on any atom is 0.284 e. The SMILES string of the molecule is N/C=C1/C(=O)N(c2nc3cc(Cl)ccc3s2)N=C1c1ccccc1. The number of benzene rings is 2. The van der Waals surface area contributed by atoms with E-state index in [0.29, 0.717) is 21.4 Å². The largest absolute Gasteiger partial charge is 0.404 e. The summed E-state index contributed by atoms with van der Waals surface area (Å²) < 4.78 is 0.934. The van der Waals surface area contributed by atoms with Crippen LogP contribution in [0.25, 0.3) is 10.2 Å². The van der Waals surface area contributed by atoms with Crippen LogP contribution in [0.5, 0.6) is 0 Å². The monoisotopic (exact) mass is 354 g/mol. The van der Waals surface area contributed by atoms with Gasteiger partial charge in [0.1, 0.15) is 5.71 Å². The number of anilines is 1. The number of carbonyl (C=O) groups is 1. The van der Waals surface area contributed by atoms with Gasteiger partial charge in [-0.3, -0.25) is 4.79 Å². The van der Waals surface area contributed by atoms with Crippen molar-refractivity contribution in [2.24, 2.45) is 10.8 Å². The molecule has 1 amide bonds. The summed E-state index contributed by atoms with van der Waals surface area (Å²) in [7, 11) is 0. The summed E-state index contributed by atoms with van der Waals surface area (Å²) >= 11 is 7.37. The maximum atomic E-state index is 12.7. The Kier molecular flexibility index (Phi) is 3.55. The van der Waals surface area contributed by atoms with Crippen molar-refractivity contribution in [3.8, 4) is 0 Å². The van der Waals surface area contributed by atoms with Crippen LogP contribution < -0.4 is 10.7 Å². The van der Waals surface area contributed by atoms with Gasteiger partial charge in [-0.05, 0) is 18.2 Å². The maximum absolute atomic E-state index is 12.7. The highest BCUT2D eigenvalue weighted by atomic mass is 35.5. The van der Waals surface area contributed by atoms with Crippen molar-refractivity contribution < 1.29 is 4.79 Å².